The minimum absolute atomic E-state index is 0. The summed E-state index contributed by atoms with van der Waals surface area (Å²) < 4.78 is 39.9. The minimum Gasteiger partial charge on any atom is -0.454 e. The van der Waals surface area contributed by atoms with Crippen molar-refractivity contribution in [3.63, 3.8) is 0 Å². The van der Waals surface area contributed by atoms with Crippen LogP contribution in [0.5, 0.6) is 0 Å². The van der Waals surface area contributed by atoms with Crippen LogP contribution in [0, 0.1) is 34.4 Å². The summed E-state index contributed by atoms with van der Waals surface area (Å²) in [7, 11) is 0. The maximum atomic E-state index is 17.5. The fraction of sp³-hybridized carbons (Fsp3) is 0.579. The van der Waals surface area contributed by atoms with E-state index in [0.29, 0.717) is 68.8 Å². The van der Waals surface area contributed by atoms with Gasteiger partial charge in [0.1, 0.15) is 17.0 Å². The molecule has 1 aromatic carbocycles. The molecule has 1 aromatic heterocycles. The Morgan fingerprint density at radius 3 is 2.53 bits per heavy atom. The number of piperazine rings is 1. The molecule has 51 heavy (non-hydrogen) atoms. The van der Waals surface area contributed by atoms with Gasteiger partial charge in [-0.1, -0.05) is 25.5 Å². The van der Waals surface area contributed by atoms with Crippen molar-refractivity contribution in [1.82, 2.24) is 9.88 Å². The SMILES string of the molecule is CCn1cc(C(=O)OCC(=O)[C@@]2(O)[C@H](C)C[C@H]3[C@@H]4CCC5=CC(=O)C=C[C@]5(C)[C@@]4(F)C(O)C[C@@]32C)c(=O)c2cc(F)c(N3CCNCC3)cc21.Cl. The van der Waals surface area contributed by atoms with Gasteiger partial charge in [-0.2, -0.15) is 0 Å². The van der Waals surface area contributed by atoms with Gasteiger partial charge < -0.3 is 29.7 Å². The number of rotatable bonds is 6. The van der Waals surface area contributed by atoms with E-state index in [9.17, 15) is 29.4 Å². The number of aliphatic hydroxyl groups is 2. The van der Waals surface area contributed by atoms with Crippen LogP contribution in [0.4, 0.5) is 14.5 Å². The number of carbonyl (C=O) groups excluding carboxylic acids is 3. The molecule has 3 saturated carbocycles. The number of carbonyl (C=O) groups is 3. The Morgan fingerprint density at radius 1 is 1.14 bits per heavy atom. The molecule has 4 fully saturated rings. The Kier molecular flexibility index (Phi) is 9.43. The molecule has 1 aliphatic heterocycles. The Bertz CT molecular complexity index is 1930. The smallest absolute Gasteiger partial charge is 0.344 e. The summed E-state index contributed by atoms with van der Waals surface area (Å²) in [6.45, 7) is 9.05. The quantitative estimate of drug-likeness (QED) is 0.376. The van der Waals surface area contributed by atoms with E-state index in [4.69, 9.17) is 4.74 Å². The zero-order valence-electron chi connectivity index (χ0n) is 29.3. The van der Waals surface area contributed by atoms with E-state index in [-0.39, 0.29) is 35.6 Å². The molecular formula is C38H46ClF2N3O7. The fourth-order valence-corrected chi connectivity index (χ4v) is 10.4. The molecular weight excluding hydrogens is 684 g/mol. The molecule has 2 heterocycles. The first-order chi connectivity index (χ1) is 23.6. The summed E-state index contributed by atoms with van der Waals surface area (Å²) in [6.07, 6.45) is 5.01. The molecule has 1 unspecified atom stereocenters. The second-order valence-corrected chi connectivity index (χ2v) is 15.4. The number of aliphatic hydroxyl groups excluding tert-OH is 1. The number of pyridine rings is 1. The molecule has 0 amide bonds. The third-order valence-corrected chi connectivity index (χ3v) is 13.1. The number of aromatic nitrogens is 1. The van der Waals surface area contributed by atoms with Crippen LogP contribution in [0.25, 0.3) is 10.9 Å². The highest BCUT2D eigenvalue weighted by Gasteiger charge is 2.75. The predicted molar refractivity (Wildman–Crippen MR) is 189 cm³/mol. The molecule has 2 aromatic rings. The van der Waals surface area contributed by atoms with Gasteiger partial charge in [0, 0.05) is 61.1 Å². The van der Waals surface area contributed by atoms with Gasteiger partial charge in [0.15, 0.2) is 18.1 Å². The second-order valence-electron chi connectivity index (χ2n) is 15.4. The lowest BCUT2D eigenvalue weighted by Crippen LogP contribution is -2.69. The number of anilines is 1. The summed E-state index contributed by atoms with van der Waals surface area (Å²) in [5, 5.41) is 27.1. The lowest BCUT2D eigenvalue weighted by molar-refractivity contribution is -0.219. The van der Waals surface area contributed by atoms with Crippen LogP contribution in [0.1, 0.15) is 63.7 Å². The van der Waals surface area contributed by atoms with Crippen molar-refractivity contribution in [2.45, 2.75) is 77.3 Å². The number of benzene rings is 1. The van der Waals surface area contributed by atoms with Crippen LogP contribution in [0.3, 0.4) is 0 Å². The molecule has 0 radical (unpaired) electrons. The van der Waals surface area contributed by atoms with Crippen LogP contribution >= 0.6 is 12.4 Å². The van der Waals surface area contributed by atoms with Gasteiger partial charge in [0.05, 0.1) is 17.3 Å². The monoisotopic (exact) mass is 729 g/mol. The molecule has 0 spiro atoms. The minimum atomic E-state index is -2.13. The van der Waals surface area contributed by atoms with E-state index < -0.39 is 75.6 Å². The average molecular weight is 730 g/mol. The number of nitrogens with zero attached hydrogens (tertiary/aromatic N) is 2. The molecule has 8 atom stereocenters. The fourth-order valence-electron chi connectivity index (χ4n) is 10.4. The van der Waals surface area contributed by atoms with Crippen molar-refractivity contribution >= 4 is 46.5 Å². The first-order valence-electron chi connectivity index (χ1n) is 17.7. The van der Waals surface area contributed by atoms with E-state index in [1.54, 1.807) is 37.5 Å². The highest BCUT2D eigenvalue weighted by Crippen LogP contribution is 2.70. The lowest BCUT2D eigenvalue weighted by atomic mass is 9.44. The Hall–Kier alpha value is -3.45. The third-order valence-electron chi connectivity index (χ3n) is 13.1. The third kappa shape index (κ3) is 5.18. The average Bonchev–Trinajstić information content (AvgIpc) is 3.29. The number of Topliss-reactive ketones (excluding diaryl/α,β-unsaturated/α-hetero) is 1. The highest BCUT2D eigenvalue weighted by molar-refractivity contribution is 6.01. The van der Waals surface area contributed by atoms with E-state index in [1.165, 1.54) is 18.3 Å². The van der Waals surface area contributed by atoms with E-state index in [1.807, 2.05) is 11.8 Å². The second kappa shape index (κ2) is 12.9. The van der Waals surface area contributed by atoms with Gasteiger partial charge in [0.2, 0.25) is 11.2 Å². The summed E-state index contributed by atoms with van der Waals surface area (Å²) >= 11 is 0. The molecule has 0 bridgehead atoms. The van der Waals surface area contributed by atoms with Crippen molar-refractivity contribution in [2.24, 2.45) is 28.6 Å². The van der Waals surface area contributed by atoms with Crippen molar-refractivity contribution in [1.29, 1.82) is 0 Å². The first-order valence-corrected chi connectivity index (χ1v) is 17.7. The zero-order chi connectivity index (χ0) is 36.0. The first kappa shape index (κ1) is 37.3. The topological polar surface area (TPSA) is 138 Å². The van der Waals surface area contributed by atoms with Gasteiger partial charge in [-0.3, -0.25) is 14.4 Å². The number of ether oxygens (including phenoxy) is 1. The maximum absolute atomic E-state index is 17.5. The predicted octanol–water partition coefficient (Wildman–Crippen LogP) is 4.07. The van der Waals surface area contributed by atoms with Gasteiger partial charge in [0.25, 0.3) is 0 Å². The van der Waals surface area contributed by atoms with E-state index in [2.05, 4.69) is 5.32 Å². The number of fused-ring (bicyclic) bond motifs is 6. The summed E-state index contributed by atoms with van der Waals surface area (Å²) in [4.78, 5) is 55.0. The number of halogens is 3. The number of aryl methyl sites for hydroxylation is 1. The molecule has 5 aliphatic rings. The van der Waals surface area contributed by atoms with Crippen molar-refractivity contribution in [3.8, 4) is 0 Å². The van der Waals surface area contributed by atoms with Gasteiger partial charge in [-0.15, -0.1) is 12.4 Å². The Morgan fingerprint density at radius 2 is 1.84 bits per heavy atom. The number of allylic oxidation sites excluding steroid dienone is 4. The number of hydrogen-bond donors (Lipinski definition) is 3. The van der Waals surface area contributed by atoms with Gasteiger partial charge in [-0.05, 0) is 75.7 Å². The molecule has 7 rings (SSSR count). The summed E-state index contributed by atoms with van der Waals surface area (Å²) in [5.74, 6) is -4.53. The highest BCUT2D eigenvalue weighted by atomic mass is 35.5. The van der Waals surface area contributed by atoms with Crippen molar-refractivity contribution in [3.05, 3.63) is 63.7 Å². The molecule has 13 heteroatoms. The van der Waals surface area contributed by atoms with Gasteiger partial charge >= 0.3 is 5.97 Å². The van der Waals surface area contributed by atoms with Crippen molar-refractivity contribution < 1.29 is 38.1 Å². The number of ketones is 2. The zero-order valence-corrected chi connectivity index (χ0v) is 30.2. The molecule has 276 valence electrons. The normalized spacial score (nSPS) is 35.7. The molecule has 4 aliphatic carbocycles. The van der Waals surface area contributed by atoms with Crippen LogP contribution in [-0.4, -0.2) is 82.5 Å². The number of alkyl halides is 1. The molecule has 3 N–H and O–H groups in total. The van der Waals surface area contributed by atoms with E-state index >= 15 is 8.78 Å². The van der Waals surface area contributed by atoms with Crippen LogP contribution in [0.2, 0.25) is 0 Å². The summed E-state index contributed by atoms with van der Waals surface area (Å²) in [6, 6.07) is 2.75. The number of hydrogen-bond acceptors (Lipinski definition) is 9. The maximum Gasteiger partial charge on any atom is 0.344 e. The standard InChI is InChI=1S/C38H45F2N3O7.ClH/c1-5-42-19-25(33(47)24-16-28(39)30(17-29(24)42)43-12-10-41-11-13-43)34(48)50-20-32(46)38(49)21(2)14-27-26-7-6-22-15-23(44)8-9-35(22,3)37(26,40)31(45)18-36(27,38)4;/h8-9,15-17,19,21,26-27,31,41,45,49H,5-7,10-14,18,20H2,1-4H3;1H/t21-,26+,27+,31?,35+,36+,37+,38+;/m1./s1. The Labute approximate surface area is 301 Å². The van der Waals surface area contributed by atoms with Gasteiger partial charge in [-0.25, -0.2) is 13.6 Å². The van der Waals surface area contributed by atoms with E-state index in [0.717, 1.165) is 6.07 Å². The molecule has 10 nitrogen and oxygen atoms in total. The molecule has 1 saturated heterocycles. The van der Waals surface area contributed by atoms with Crippen LogP contribution < -0.4 is 15.6 Å². The lowest BCUT2D eigenvalue weighted by Gasteiger charge is -2.62. The number of esters is 1. The Balaban J connectivity index is 0.00000448. The van der Waals surface area contributed by atoms with Crippen LogP contribution in [-0.2, 0) is 20.9 Å². The van der Waals surface area contributed by atoms with Crippen LogP contribution in [0.15, 0.2) is 46.9 Å². The number of nitrogens with one attached hydrogen (secondary N) is 1. The summed E-state index contributed by atoms with van der Waals surface area (Å²) in [5.41, 5.74) is -6.29. The van der Waals surface area contributed by atoms with Crippen molar-refractivity contribution in [2.75, 3.05) is 37.7 Å². The largest absolute Gasteiger partial charge is 0.454 e.